The summed E-state index contributed by atoms with van der Waals surface area (Å²) in [6.45, 7) is 0. The van der Waals surface area contributed by atoms with E-state index < -0.39 is 0 Å². The predicted molar refractivity (Wildman–Crippen MR) is 246 cm³/mol. The van der Waals surface area contributed by atoms with Crippen LogP contribution in [0.5, 0.6) is 0 Å². The van der Waals surface area contributed by atoms with Crippen LogP contribution in [0.25, 0.3) is 116 Å². The van der Waals surface area contributed by atoms with Crippen LogP contribution in [0.3, 0.4) is 0 Å². The van der Waals surface area contributed by atoms with Crippen molar-refractivity contribution in [1.82, 2.24) is 19.5 Å². The molecule has 0 amide bonds. The molecule has 0 spiro atoms. The zero-order valence-electron chi connectivity index (χ0n) is 31.9. The van der Waals surface area contributed by atoms with Crippen molar-refractivity contribution in [3.8, 4) is 51.0 Å². The molecular weight excluding hydrogens is 717 g/mol. The Morgan fingerprint density at radius 1 is 0.271 bits per heavy atom. The van der Waals surface area contributed by atoms with Gasteiger partial charge >= 0.3 is 0 Å². The van der Waals surface area contributed by atoms with Crippen molar-refractivity contribution in [3.63, 3.8) is 0 Å². The average Bonchev–Trinajstić information content (AvgIpc) is 3.65. The summed E-state index contributed by atoms with van der Waals surface area (Å²) < 4.78 is 2.35. The summed E-state index contributed by atoms with van der Waals surface area (Å²) in [6.07, 6.45) is 0. The molecule has 0 aliphatic rings. The first-order chi connectivity index (χ1) is 29.2. The van der Waals surface area contributed by atoms with E-state index in [9.17, 15) is 0 Å². The lowest BCUT2D eigenvalue weighted by Crippen LogP contribution is -2.01. The van der Waals surface area contributed by atoms with Crippen molar-refractivity contribution < 1.29 is 0 Å². The van der Waals surface area contributed by atoms with E-state index in [1.807, 2.05) is 0 Å². The first kappa shape index (κ1) is 33.2. The maximum Gasteiger partial charge on any atom is 0.164 e. The van der Waals surface area contributed by atoms with E-state index in [-0.39, 0.29) is 0 Å². The van der Waals surface area contributed by atoms with Crippen LogP contribution in [-0.2, 0) is 0 Å². The molecule has 0 saturated heterocycles. The second-order valence-electron chi connectivity index (χ2n) is 15.2. The monoisotopic (exact) mass is 750 g/mol. The van der Waals surface area contributed by atoms with Crippen molar-refractivity contribution in [2.75, 3.05) is 0 Å². The van der Waals surface area contributed by atoms with E-state index in [1.165, 1.54) is 43.4 Å². The lowest BCUT2D eigenvalue weighted by molar-refractivity contribution is 1.08. The minimum atomic E-state index is 0.632. The molecule has 0 aliphatic carbocycles. The topological polar surface area (TPSA) is 43.6 Å². The molecular formula is C55H34N4. The molecule has 0 fully saturated rings. The van der Waals surface area contributed by atoms with Gasteiger partial charge in [0.15, 0.2) is 17.5 Å². The van der Waals surface area contributed by atoms with Gasteiger partial charge in [-0.05, 0) is 90.6 Å². The average molecular weight is 751 g/mol. The largest absolute Gasteiger partial charge is 0.309 e. The molecule has 2 heterocycles. The molecule has 10 aromatic carbocycles. The Labute approximate surface area is 340 Å². The second kappa shape index (κ2) is 13.3. The van der Waals surface area contributed by atoms with Gasteiger partial charge in [0.25, 0.3) is 0 Å². The number of benzene rings is 10. The van der Waals surface area contributed by atoms with E-state index in [0.29, 0.717) is 17.5 Å². The fourth-order valence-corrected chi connectivity index (χ4v) is 9.04. The summed E-state index contributed by atoms with van der Waals surface area (Å²) >= 11 is 0. The first-order valence-corrected chi connectivity index (χ1v) is 20.0. The fraction of sp³-hybridized carbons (Fsp3) is 0. The highest BCUT2D eigenvalue weighted by Crippen LogP contribution is 2.38. The van der Waals surface area contributed by atoms with Gasteiger partial charge in [-0.15, -0.1) is 0 Å². The highest BCUT2D eigenvalue weighted by atomic mass is 15.0. The molecule has 4 heteroatoms. The summed E-state index contributed by atoms with van der Waals surface area (Å²) in [4.78, 5) is 15.9. The van der Waals surface area contributed by atoms with Gasteiger partial charge < -0.3 is 4.57 Å². The van der Waals surface area contributed by atoms with Crippen LogP contribution in [-0.4, -0.2) is 19.5 Å². The molecule has 0 atom stereocenters. The van der Waals surface area contributed by atoms with Gasteiger partial charge in [-0.3, -0.25) is 0 Å². The molecule has 0 N–H and O–H groups in total. The summed E-state index contributed by atoms with van der Waals surface area (Å²) in [7, 11) is 0. The number of nitrogens with zero attached hydrogens (tertiary/aromatic N) is 4. The Balaban J connectivity index is 0.999. The standard InChI is InChI=1S/C55H34N4/c1-3-15-41-38(13-1)33-49(45-19-7-5-17-43(41)45)54-56-53(57-55(58-54)50-34-39-14-2-4-16-42(39)44-18-6-8-20-46(44)50)37-27-25-35(26-28-37)36-29-31-40(32-30-36)59-51-23-11-9-21-47(51)48-22-10-12-24-52(48)59/h1-34H. The molecule has 4 nitrogen and oxygen atoms in total. The van der Waals surface area contributed by atoms with Crippen LogP contribution in [0.15, 0.2) is 206 Å². The number of rotatable bonds is 5. The molecule has 59 heavy (non-hydrogen) atoms. The minimum absolute atomic E-state index is 0.632. The predicted octanol–water partition coefficient (Wildman–Crippen LogP) is 14.2. The van der Waals surface area contributed by atoms with Crippen LogP contribution < -0.4 is 0 Å². The van der Waals surface area contributed by atoms with Crippen molar-refractivity contribution >= 4 is 64.9 Å². The van der Waals surface area contributed by atoms with Crippen LogP contribution in [0, 0.1) is 0 Å². The van der Waals surface area contributed by atoms with Gasteiger partial charge in [0.1, 0.15) is 0 Å². The highest BCUT2D eigenvalue weighted by molar-refractivity contribution is 6.15. The van der Waals surface area contributed by atoms with Crippen molar-refractivity contribution in [2.24, 2.45) is 0 Å². The van der Waals surface area contributed by atoms with Gasteiger partial charge in [-0.1, -0.05) is 170 Å². The van der Waals surface area contributed by atoms with E-state index in [2.05, 4.69) is 211 Å². The smallest absolute Gasteiger partial charge is 0.164 e. The second-order valence-corrected chi connectivity index (χ2v) is 15.2. The molecule has 0 radical (unpaired) electrons. The summed E-state index contributed by atoms with van der Waals surface area (Å²) in [5.74, 6) is 1.93. The van der Waals surface area contributed by atoms with Crippen molar-refractivity contribution in [3.05, 3.63) is 206 Å². The fourth-order valence-electron chi connectivity index (χ4n) is 9.04. The van der Waals surface area contributed by atoms with Crippen molar-refractivity contribution in [1.29, 1.82) is 0 Å². The Kier molecular flexibility index (Phi) is 7.50. The lowest BCUT2D eigenvalue weighted by Gasteiger charge is -2.14. The number of aromatic nitrogens is 4. The quantitative estimate of drug-likeness (QED) is 0.165. The summed E-state index contributed by atoms with van der Waals surface area (Å²) in [6, 6.07) is 73.4. The van der Waals surface area contributed by atoms with Gasteiger partial charge in [-0.25, -0.2) is 15.0 Å². The maximum absolute atomic E-state index is 5.32. The number of hydrogen-bond acceptors (Lipinski definition) is 3. The van der Waals surface area contributed by atoms with Crippen LogP contribution in [0.4, 0.5) is 0 Å². The Bertz CT molecular complexity index is 3410. The zero-order valence-corrected chi connectivity index (χ0v) is 31.9. The Morgan fingerprint density at radius 3 is 1.12 bits per heavy atom. The third kappa shape index (κ3) is 5.42. The molecule has 0 saturated carbocycles. The molecule has 0 aliphatic heterocycles. The minimum Gasteiger partial charge on any atom is -0.309 e. The molecule has 274 valence electrons. The van der Waals surface area contributed by atoms with E-state index in [4.69, 9.17) is 15.0 Å². The van der Waals surface area contributed by atoms with Crippen LogP contribution in [0.1, 0.15) is 0 Å². The highest BCUT2D eigenvalue weighted by Gasteiger charge is 2.19. The van der Waals surface area contributed by atoms with E-state index in [0.717, 1.165) is 55.0 Å². The van der Waals surface area contributed by atoms with Crippen molar-refractivity contribution in [2.45, 2.75) is 0 Å². The molecule has 2 aromatic heterocycles. The van der Waals surface area contributed by atoms with Crippen LogP contribution >= 0.6 is 0 Å². The molecule has 0 bridgehead atoms. The molecule has 12 aromatic rings. The molecule has 0 unspecified atom stereocenters. The maximum atomic E-state index is 5.32. The number of para-hydroxylation sites is 2. The van der Waals surface area contributed by atoms with E-state index >= 15 is 0 Å². The Morgan fingerprint density at radius 2 is 0.627 bits per heavy atom. The molecule has 12 rings (SSSR count). The third-order valence-electron chi connectivity index (χ3n) is 11.8. The number of fused-ring (bicyclic) bond motifs is 9. The summed E-state index contributed by atoms with van der Waals surface area (Å²) in [5, 5.41) is 11.8. The lowest BCUT2D eigenvalue weighted by atomic mass is 9.96. The van der Waals surface area contributed by atoms with Gasteiger partial charge in [0.2, 0.25) is 0 Å². The SMILES string of the molecule is c1ccc2c(c1)cc(-c1nc(-c3ccc(-c4ccc(-n5c6ccccc6c6ccccc65)cc4)cc3)nc(-c3cc4ccccc4c4ccccc34)n1)c1ccccc12. The third-order valence-corrected chi connectivity index (χ3v) is 11.8. The Hall–Kier alpha value is -7.95. The van der Waals surface area contributed by atoms with Crippen LogP contribution in [0.2, 0.25) is 0 Å². The number of hydrogen-bond donors (Lipinski definition) is 0. The zero-order chi connectivity index (χ0) is 38.9. The van der Waals surface area contributed by atoms with Gasteiger partial charge in [0, 0.05) is 33.2 Å². The first-order valence-electron chi connectivity index (χ1n) is 20.0. The van der Waals surface area contributed by atoms with Gasteiger partial charge in [0.05, 0.1) is 11.0 Å². The van der Waals surface area contributed by atoms with E-state index in [1.54, 1.807) is 0 Å². The normalized spacial score (nSPS) is 11.7. The van der Waals surface area contributed by atoms with Gasteiger partial charge in [-0.2, -0.15) is 0 Å². The summed E-state index contributed by atoms with van der Waals surface area (Å²) in [5.41, 5.74) is 8.70.